The number of aliphatic hydroxyl groups excluding tert-OH is 1. The van der Waals surface area contributed by atoms with Gasteiger partial charge in [-0.25, -0.2) is 9.13 Å². The van der Waals surface area contributed by atoms with Gasteiger partial charge in [0.25, 0.3) is 0 Å². The van der Waals surface area contributed by atoms with Crippen LogP contribution in [0.25, 0.3) is 0 Å². The first kappa shape index (κ1) is 79.1. The summed E-state index contributed by atoms with van der Waals surface area (Å²) in [6.45, 7) is 13.8. The van der Waals surface area contributed by atoms with Crippen LogP contribution in [0, 0.1) is 23.7 Å². The monoisotopic (exact) mass is 1200 g/mol. The summed E-state index contributed by atoms with van der Waals surface area (Å²) in [6.07, 6.45) is 31.1. The fourth-order valence-electron chi connectivity index (χ4n) is 9.08. The SMILES string of the molecule is CC(C)CCCCCCCCCCCC(=O)O[C@H](COC(=O)CCCCCCCCCC(C)C)COP(=O)(O)OC[C@@H](O)COP(=O)(O)OC[C@@H](COC(=O)CCCCCCCCC(C)C)OC(=O)CCCCCCCCCC(C)C. The third kappa shape index (κ3) is 56.9. The van der Waals surface area contributed by atoms with Gasteiger partial charge >= 0.3 is 39.5 Å². The highest BCUT2D eigenvalue weighted by Gasteiger charge is 2.30. The van der Waals surface area contributed by atoms with E-state index in [1.165, 1.54) is 83.5 Å². The van der Waals surface area contributed by atoms with Gasteiger partial charge in [-0.3, -0.25) is 37.3 Å². The van der Waals surface area contributed by atoms with Crippen molar-refractivity contribution in [2.45, 2.75) is 311 Å². The minimum Gasteiger partial charge on any atom is -0.462 e. The normalized spacial score (nSPS) is 14.5. The van der Waals surface area contributed by atoms with Crippen molar-refractivity contribution >= 4 is 39.5 Å². The van der Waals surface area contributed by atoms with E-state index in [-0.39, 0.29) is 25.7 Å². The Balaban J connectivity index is 5.25. The molecule has 0 aromatic carbocycles. The van der Waals surface area contributed by atoms with Gasteiger partial charge < -0.3 is 33.8 Å². The molecule has 0 aliphatic carbocycles. The van der Waals surface area contributed by atoms with Crippen LogP contribution in [0.3, 0.4) is 0 Å². The number of hydrogen-bond donors (Lipinski definition) is 3. The van der Waals surface area contributed by atoms with E-state index in [4.69, 9.17) is 37.0 Å². The summed E-state index contributed by atoms with van der Waals surface area (Å²) in [7, 11) is -9.88. The molecule has 0 amide bonds. The maximum atomic E-state index is 12.9. The fraction of sp³-hybridized carbons (Fsp3) is 0.935. The molecular formula is C62H120O17P2. The van der Waals surface area contributed by atoms with Gasteiger partial charge in [0.15, 0.2) is 12.2 Å². The molecule has 19 heteroatoms. The summed E-state index contributed by atoms with van der Waals surface area (Å²) in [4.78, 5) is 72.1. The highest BCUT2D eigenvalue weighted by molar-refractivity contribution is 7.47. The molecule has 480 valence electrons. The van der Waals surface area contributed by atoms with Crippen molar-refractivity contribution < 1.29 is 80.2 Å². The average Bonchev–Trinajstić information content (AvgIpc) is 3.39. The lowest BCUT2D eigenvalue weighted by Gasteiger charge is -2.21. The van der Waals surface area contributed by atoms with Crippen LogP contribution in [0.15, 0.2) is 0 Å². The molecule has 0 saturated carbocycles. The maximum Gasteiger partial charge on any atom is 0.472 e. The van der Waals surface area contributed by atoms with Gasteiger partial charge in [0, 0.05) is 25.7 Å². The molecule has 0 fully saturated rings. The minimum absolute atomic E-state index is 0.102. The Morgan fingerprint density at radius 1 is 0.309 bits per heavy atom. The number of carbonyl (C=O) groups excluding carboxylic acids is 4. The molecule has 0 bridgehead atoms. The maximum absolute atomic E-state index is 12.9. The zero-order valence-electron chi connectivity index (χ0n) is 52.4. The lowest BCUT2D eigenvalue weighted by Crippen LogP contribution is -2.30. The first-order chi connectivity index (χ1) is 38.6. The van der Waals surface area contributed by atoms with Crippen LogP contribution < -0.4 is 0 Å². The van der Waals surface area contributed by atoms with E-state index in [1.54, 1.807) is 0 Å². The van der Waals surface area contributed by atoms with Crippen LogP contribution in [-0.4, -0.2) is 96.7 Å². The van der Waals surface area contributed by atoms with Crippen molar-refractivity contribution in [1.82, 2.24) is 0 Å². The van der Waals surface area contributed by atoms with Crippen LogP contribution in [0.5, 0.6) is 0 Å². The van der Waals surface area contributed by atoms with Gasteiger partial charge in [-0.05, 0) is 49.4 Å². The third-order valence-corrected chi connectivity index (χ3v) is 16.0. The van der Waals surface area contributed by atoms with Crippen molar-refractivity contribution in [3.05, 3.63) is 0 Å². The second-order valence-corrected chi connectivity index (χ2v) is 27.3. The number of esters is 4. The number of hydrogen-bond acceptors (Lipinski definition) is 15. The first-order valence-corrected chi connectivity index (χ1v) is 35.2. The lowest BCUT2D eigenvalue weighted by molar-refractivity contribution is -0.161. The number of aliphatic hydroxyl groups is 1. The highest BCUT2D eigenvalue weighted by atomic mass is 31.2. The smallest absolute Gasteiger partial charge is 0.462 e. The Kier molecular flexibility index (Phi) is 51.1. The van der Waals surface area contributed by atoms with Gasteiger partial charge in [0.05, 0.1) is 26.4 Å². The lowest BCUT2D eigenvalue weighted by atomic mass is 10.0. The van der Waals surface area contributed by atoms with Crippen LogP contribution in [0.1, 0.15) is 293 Å². The van der Waals surface area contributed by atoms with Crippen molar-refractivity contribution in [2.75, 3.05) is 39.6 Å². The van der Waals surface area contributed by atoms with Crippen LogP contribution in [0.4, 0.5) is 0 Å². The van der Waals surface area contributed by atoms with Crippen molar-refractivity contribution in [2.24, 2.45) is 23.7 Å². The molecule has 0 spiro atoms. The quantitative estimate of drug-likeness (QED) is 0.0222. The van der Waals surface area contributed by atoms with Gasteiger partial charge in [0.1, 0.15) is 19.3 Å². The van der Waals surface area contributed by atoms with Gasteiger partial charge in [-0.15, -0.1) is 0 Å². The van der Waals surface area contributed by atoms with E-state index in [2.05, 4.69) is 55.4 Å². The molecule has 5 atom stereocenters. The number of ether oxygens (including phenoxy) is 4. The number of unbranched alkanes of at least 4 members (excludes halogenated alkanes) is 25. The van der Waals surface area contributed by atoms with Gasteiger partial charge in [-0.1, -0.05) is 242 Å². The minimum atomic E-state index is -4.94. The Hall–Kier alpha value is -1.94. The topological polar surface area (TPSA) is 237 Å². The highest BCUT2D eigenvalue weighted by Crippen LogP contribution is 2.45. The summed E-state index contributed by atoms with van der Waals surface area (Å²) in [5, 5.41) is 10.5. The van der Waals surface area contributed by atoms with Crippen molar-refractivity contribution in [1.29, 1.82) is 0 Å². The fourth-order valence-corrected chi connectivity index (χ4v) is 10.7. The van der Waals surface area contributed by atoms with Gasteiger partial charge in [0.2, 0.25) is 0 Å². The molecule has 0 rings (SSSR count). The molecule has 0 heterocycles. The molecule has 0 aliphatic heterocycles. The van der Waals surface area contributed by atoms with E-state index in [1.807, 2.05) is 0 Å². The van der Waals surface area contributed by atoms with E-state index in [9.17, 15) is 43.2 Å². The molecule has 0 aliphatic rings. The molecule has 0 aromatic heterocycles. The summed E-state index contributed by atoms with van der Waals surface area (Å²) in [6, 6.07) is 0. The van der Waals surface area contributed by atoms with Crippen molar-refractivity contribution in [3.8, 4) is 0 Å². The Labute approximate surface area is 492 Å². The molecular weight excluding hydrogens is 1080 g/mol. The summed E-state index contributed by atoms with van der Waals surface area (Å²) >= 11 is 0. The Bertz CT molecular complexity index is 1630. The first-order valence-electron chi connectivity index (χ1n) is 32.2. The summed E-state index contributed by atoms with van der Waals surface area (Å²) < 4.78 is 67.8. The van der Waals surface area contributed by atoms with Crippen molar-refractivity contribution in [3.63, 3.8) is 0 Å². The second kappa shape index (κ2) is 52.4. The average molecular weight is 1200 g/mol. The zero-order valence-corrected chi connectivity index (χ0v) is 54.2. The largest absolute Gasteiger partial charge is 0.472 e. The molecule has 17 nitrogen and oxygen atoms in total. The van der Waals surface area contributed by atoms with E-state index in [0.717, 1.165) is 109 Å². The zero-order chi connectivity index (χ0) is 60.4. The summed E-state index contributed by atoms with van der Waals surface area (Å²) in [5.74, 6) is 0.671. The molecule has 0 radical (unpaired) electrons. The van der Waals surface area contributed by atoms with E-state index < -0.39 is 97.5 Å². The summed E-state index contributed by atoms with van der Waals surface area (Å²) in [5.41, 5.74) is 0. The van der Waals surface area contributed by atoms with Gasteiger partial charge in [-0.2, -0.15) is 0 Å². The van der Waals surface area contributed by atoms with E-state index >= 15 is 0 Å². The molecule has 2 unspecified atom stereocenters. The molecule has 3 N–H and O–H groups in total. The molecule has 0 aromatic rings. The molecule has 0 saturated heterocycles. The Morgan fingerprint density at radius 3 is 0.765 bits per heavy atom. The third-order valence-electron chi connectivity index (χ3n) is 14.1. The number of phosphoric acid groups is 2. The predicted molar refractivity (Wildman–Crippen MR) is 321 cm³/mol. The number of rotatable bonds is 59. The Morgan fingerprint density at radius 2 is 0.519 bits per heavy atom. The standard InChI is InChI=1S/C62H120O17P2/c1-52(2)38-30-22-14-10-9-11-17-28-36-44-61(66)78-57(48-72-59(64)42-34-26-18-12-15-23-31-39-53(3)4)50-76-80(68,69)74-46-56(63)47-75-81(70,71)77-51-58(49-73-60(65)43-35-27-21-20-25-33-41-55(7)8)79-62(67)45-37-29-19-13-16-24-32-40-54(5)6/h52-58,63H,9-51H2,1-8H3,(H,68,69)(H,70,71)/t56-,57-,58-/m1/s1. The van der Waals surface area contributed by atoms with E-state index in [0.29, 0.717) is 43.4 Å². The number of carbonyl (C=O) groups is 4. The predicted octanol–water partition coefficient (Wildman–Crippen LogP) is 16.6. The number of phosphoric ester groups is 2. The second-order valence-electron chi connectivity index (χ2n) is 24.3. The molecule has 81 heavy (non-hydrogen) atoms. The van der Waals surface area contributed by atoms with Crippen LogP contribution >= 0.6 is 15.6 Å². The van der Waals surface area contributed by atoms with Crippen LogP contribution in [-0.2, 0) is 65.4 Å². The van der Waals surface area contributed by atoms with Crippen LogP contribution in [0.2, 0.25) is 0 Å².